The molecule has 8 nitrogen and oxygen atoms in total. The minimum Gasteiger partial charge on any atom is -0.351 e. The predicted octanol–water partition coefficient (Wildman–Crippen LogP) is 4.38. The Bertz CT molecular complexity index is 1310. The fourth-order valence-electron chi connectivity index (χ4n) is 4.14. The molecule has 3 aromatic heterocycles. The van der Waals surface area contributed by atoms with Crippen molar-refractivity contribution >= 4 is 23.1 Å². The van der Waals surface area contributed by atoms with Gasteiger partial charge in [-0.1, -0.05) is 12.1 Å². The Morgan fingerprint density at radius 2 is 1.94 bits per heavy atom. The molecule has 1 atom stereocenters. The van der Waals surface area contributed by atoms with Gasteiger partial charge >= 0.3 is 12.2 Å². The van der Waals surface area contributed by atoms with Gasteiger partial charge in [0.2, 0.25) is 0 Å². The third-order valence-corrected chi connectivity index (χ3v) is 6.28. The number of carbonyl (C=O) groups is 1. The third-order valence-electron chi connectivity index (χ3n) is 5.48. The van der Waals surface area contributed by atoms with E-state index in [1.54, 1.807) is 18.3 Å². The van der Waals surface area contributed by atoms with Crippen LogP contribution in [-0.4, -0.2) is 31.0 Å². The molecule has 2 N–H and O–H groups in total. The molecule has 1 aliphatic heterocycles. The number of benzene rings is 1. The van der Waals surface area contributed by atoms with Crippen LogP contribution in [0.1, 0.15) is 29.2 Å². The second kappa shape index (κ2) is 7.96. The number of nitrogens with zero attached hydrogens (tertiary/aromatic N) is 6. The third kappa shape index (κ3) is 3.71. The molecule has 33 heavy (non-hydrogen) atoms. The van der Waals surface area contributed by atoms with Gasteiger partial charge in [-0.15, -0.1) is 16.1 Å². The number of aromatic nitrogens is 5. The van der Waals surface area contributed by atoms with Crippen molar-refractivity contribution in [3.05, 3.63) is 71.1 Å². The minimum atomic E-state index is -4.70. The van der Waals surface area contributed by atoms with Crippen LogP contribution >= 0.6 is 11.3 Å². The van der Waals surface area contributed by atoms with E-state index < -0.39 is 29.6 Å². The van der Waals surface area contributed by atoms with Crippen molar-refractivity contribution in [2.75, 3.05) is 4.90 Å². The lowest BCUT2D eigenvalue weighted by atomic mass is 9.89. The standard InChI is InChI=1S/C21H16F3N7OS/c22-21(23,24)15-10-12(11-27-18(15)31-28-6-7-29-31)16-5-4-13-14(19-26-8-9-33-19)2-1-3-17(13)30(16)20(25)32/h1-3,6-11,16H,4-5H2,(H2,25,32). The maximum Gasteiger partial charge on any atom is 0.420 e. The molecule has 0 bridgehead atoms. The number of thiazole rings is 1. The Hall–Kier alpha value is -3.80. The van der Waals surface area contributed by atoms with Gasteiger partial charge in [0.15, 0.2) is 5.82 Å². The Morgan fingerprint density at radius 1 is 1.15 bits per heavy atom. The first kappa shape index (κ1) is 21.1. The molecular formula is C21H16F3N7OS. The van der Waals surface area contributed by atoms with E-state index in [4.69, 9.17) is 5.73 Å². The summed E-state index contributed by atoms with van der Waals surface area (Å²) in [7, 11) is 0. The summed E-state index contributed by atoms with van der Waals surface area (Å²) in [6.07, 6.45) is 1.74. The molecule has 2 amide bonds. The topological polar surface area (TPSA) is 103 Å². The molecule has 12 heteroatoms. The van der Waals surface area contributed by atoms with E-state index in [2.05, 4.69) is 20.2 Å². The van der Waals surface area contributed by atoms with Crippen LogP contribution in [0, 0.1) is 0 Å². The number of hydrogen-bond donors (Lipinski definition) is 1. The van der Waals surface area contributed by atoms with E-state index in [1.807, 2.05) is 11.4 Å². The molecule has 0 radical (unpaired) electrons. The first-order chi connectivity index (χ1) is 15.8. The van der Waals surface area contributed by atoms with Crippen molar-refractivity contribution in [2.24, 2.45) is 5.73 Å². The van der Waals surface area contributed by atoms with Crippen molar-refractivity contribution in [3.8, 4) is 16.4 Å². The summed E-state index contributed by atoms with van der Waals surface area (Å²) >= 11 is 1.47. The molecule has 0 saturated carbocycles. The van der Waals surface area contributed by atoms with Gasteiger partial charge in [-0.05, 0) is 36.1 Å². The van der Waals surface area contributed by atoms with Gasteiger partial charge in [-0.25, -0.2) is 14.8 Å². The van der Waals surface area contributed by atoms with Crippen LogP contribution in [0.4, 0.5) is 23.7 Å². The first-order valence-corrected chi connectivity index (χ1v) is 10.8. The highest BCUT2D eigenvalue weighted by molar-refractivity contribution is 7.13. The summed E-state index contributed by atoms with van der Waals surface area (Å²) in [6.45, 7) is 0. The molecule has 1 unspecified atom stereocenters. The monoisotopic (exact) mass is 471 g/mol. The second-order valence-electron chi connectivity index (χ2n) is 7.36. The second-order valence-corrected chi connectivity index (χ2v) is 8.25. The van der Waals surface area contributed by atoms with Gasteiger partial charge in [0.25, 0.3) is 0 Å². The maximum absolute atomic E-state index is 13.9. The number of alkyl halides is 3. The number of urea groups is 1. The van der Waals surface area contributed by atoms with E-state index in [1.165, 1.54) is 34.8 Å². The van der Waals surface area contributed by atoms with E-state index >= 15 is 0 Å². The minimum absolute atomic E-state index is 0.224. The van der Waals surface area contributed by atoms with Gasteiger partial charge in [-0.2, -0.15) is 23.4 Å². The van der Waals surface area contributed by atoms with Crippen LogP contribution in [0.3, 0.4) is 0 Å². The number of primary amides is 1. The highest BCUT2D eigenvalue weighted by Crippen LogP contribution is 2.44. The maximum atomic E-state index is 13.9. The van der Waals surface area contributed by atoms with Crippen molar-refractivity contribution in [3.63, 3.8) is 0 Å². The average molecular weight is 471 g/mol. The lowest BCUT2D eigenvalue weighted by Gasteiger charge is -2.37. The van der Waals surface area contributed by atoms with Crippen LogP contribution in [-0.2, 0) is 12.6 Å². The summed E-state index contributed by atoms with van der Waals surface area (Å²) in [6, 6.07) is 4.94. The number of hydrogen-bond acceptors (Lipinski definition) is 6. The van der Waals surface area contributed by atoms with E-state index in [-0.39, 0.29) is 5.56 Å². The van der Waals surface area contributed by atoms with Gasteiger partial charge < -0.3 is 5.73 Å². The molecule has 0 fully saturated rings. The summed E-state index contributed by atoms with van der Waals surface area (Å²) in [5, 5.41) is 10.2. The summed E-state index contributed by atoms with van der Waals surface area (Å²) in [5.41, 5.74) is 7.25. The zero-order chi connectivity index (χ0) is 23.2. The SMILES string of the molecule is NC(=O)N1c2cccc(-c3nccs3)c2CCC1c1cnc(-n2nccn2)c(C(F)(F)F)c1. The molecule has 1 aliphatic rings. The van der Waals surface area contributed by atoms with Crippen molar-refractivity contribution < 1.29 is 18.0 Å². The molecular weight excluding hydrogens is 455 g/mol. The number of amides is 2. The number of rotatable bonds is 3. The number of nitrogens with two attached hydrogens (primary N) is 1. The van der Waals surface area contributed by atoms with E-state index in [9.17, 15) is 18.0 Å². The first-order valence-electron chi connectivity index (χ1n) is 9.89. The molecule has 5 rings (SSSR count). The Kier molecular flexibility index (Phi) is 5.08. The Morgan fingerprint density at radius 3 is 2.61 bits per heavy atom. The highest BCUT2D eigenvalue weighted by Gasteiger charge is 2.38. The highest BCUT2D eigenvalue weighted by atomic mass is 32.1. The van der Waals surface area contributed by atoms with Crippen LogP contribution in [0.25, 0.3) is 16.4 Å². The van der Waals surface area contributed by atoms with Crippen LogP contribution < -0.4 is 10.6 Å². The molecule has 1 aromatic carbocycles. The molecule has 168 valence electrons. The van der Waals surface area contributed by atoms with Gasteiger partial charge in [-0.3, -0.25) is 4.90 Å². The summed E-state index contributed by atoms with van der Waals surface area (Å²) in [4.78, 5) is 23.0. The lowest BCUT2D eigenvalue weighted by molar-refractivity contribution is -0.137. The average Bonchev–Trinajstić information content (AvgIpc) is 3.51. The number of halogens is 3. The fraction of sp³-hybridized carbons (Fsp3) is 0.190. The zero-order valence-corrected chi connectivity index (χ0v) is 17.7. The van der Waals surface area contributed by atoms with Gasteiger partial charge in [0, 0.05) is 23.3 Å². The van der Waals surface area contributed by atoms with E-state index in [0.717, 1.165) is 27.0 Å². The van der Waals surface area contributed by atoms with Crippen LogP contribution in [0.2, 0.25) is 0 Å². The number of pyridine rings is 1. The smallest absolute Gasteiger partial charge is 0.351 e. The Labute approximate surface area is 189 Å². The van der Waals surface area contributed by atoms with Gasteiger partial charge in [0.1, 0.15) is 10.6 Å². The molecule has 0 saturated heterocycles. The van der Waals surface area contributed by atoms with E-state index in [0.29, 0.717) is 18.5 Å². The normalized spacial score (nSPS) is 16.0. The molecule has 0 spiro atoms. The van der Waals surface area contributed by atoms with Crippen molar-refractivity contribution in [2.45, 2.75) is 25.1 Å². The lowest BCUT2D eigenvalue weighted by Crippen LogP contribution is -2.42. The molecule has 4 heterocycles. The number of carbonyl (C=O) groups excluding carboxylic acids is 1. The quantitative estimate of drug-likeness (QED) is 0.478. The largest absolute Gasteiger partial charge is 0.420 e. The summed E-state index contributed by atoms with van der Waals surface area (Å²) < 4.78 is 41.6. The van der Waals surface area contributed by atoms with Crippen LogP contribution in [0.5, 0.6) is 0 Å². The fourth-order valence-corrected chi connectivity index (χ4v) is 4.83. The summed E-state index contributed by atoms with van der Waals surface area (Å²) in [5.74, 6) is -0.441. The molecule has 0 aliphatic carbocycles. The predicted molar refractivity (Wildman–Crippen MR) is 115 cm³/mol. The van der Waals surface area contributed by atoms with Gasteiger partial charge in [0.05, 0.1) is 24.1 Å². The number of anilines is 1. The van der Waals surface area contributed by atoms with Crippen molar-refractivity contribution in [1.29, 1.82) is 0 Å². The Balaban J connectivity index is 1.61. The molecule has 4 aromatic rings. The number of fused-ring (bicyclic) bond motifs is 1. The van der Waals surface area contributed by atoms with Crippen LogP contribution in [0.15, 0.2) is 54.4 Å². The van der Waals surface area contributed by atoms with Crippen molar-refractivity contribution in [1.82, 2.24) is 25.0 Å². The zero-order valence-electron chi connectivity index (χ0n) is 16.9.